The Bertz CT molecular complexity index is 813. The highest BCUT2D eigenvalue weighted by Crippen LogP contribution is 2.23. The fourth-order valence-corrected chi connectivity index (χ4v) is 2.66. The third-order valence-corrected chi connectivity index (χ3v) is 4.00. The number of anilines is 1. The molecule has 0 fully saturated rings. The number of aromatic nitrogens is 4. The minimum atomic E-state index is -0.151. The zero-order valence-corrected chi connectivity index (χ0v) is 14.2. The molecule has 8 heteroatoms. The van der Waals surface area contributed by atoms with Crippen LogP contribution in [-0.2, 0) is 4.79 Å². The van der Waals surface area contributed by atoms with E-state index in [0.29, 0.717) is 16.9 Å². The monoisotopic (exact) mass is 343 g/mol. The summed E-state index contributed by atoms with van der Waals surface area (Å²) in [5, 5.41) is 15.3. The van der Waals surface area contributed by atoms with Crippen molar-refractivity contribution < 1.29 is 9.21 Å². The lowest BCUT2D eigenvalue weighted by atomic mass is 10.2. The van der Waals surface area contributed by atoms with Crippen LogP contribution in [0.1, 0.15) is 19.9 Å². The van der Waals surface area contributed by atoms with E-state index in [1.165, 1.54) is 11.8 Å². The number of nitrogens with one attached hydrogen (secondary N) is 1. The first kappa shape index (κ1) is 16.3. The first-order valence-corrected chi connectivity index (χ1v) is 8.47. The van der Waals surface area contributed by atoms with Crippen LogP contribution in [0.2, 0.25) is 0 Å². The molecule has 0 radical (unpaired) electrons. The molecule has 1 aromatic carbocycles. The van der Waals surface area contributed by atoms with Crippen molar-refractivity contribution in [2.75, 3.05) is 11.1 Å². The molecule has 1 amide bonds. The van der Waals surface area contributed by atoms with Crippen molar-refractivity contribution >= 4 is 23.5 Å². The molecular formula is C16H17N5O2S. The van der Waals surface area contributed by atoms with Crippen molar-refractivity contribution in [3.05, 3.63) is 42.6 Å². The summed E-state index contributed by atoms with van der Waals surface area (Å²) in [5.74, 6) is 1.14. The van der Waals surface area contributed by atoms with Gasteiger partial charge < -0.3 is 9.73 Å². The summed E-state index contributed by atoms with van der Waals surface area (Å²) >= 11 is 1.20. The van der Waals surface area contributed by atoms with Gasteiger partial charge in [0.15, 0.2) is 0 Å². The average molecular weight is 343 g/mol. The lowest BCUT2D eigenvalue weighted by Gasteiger charge is -2.11. The second-order valence-electron chi connectivity index (χ2n) is 5.33. The van der Waals surface area contributed by atoms with E-state index in [9.17, 15) is 4.79 Å². The second-order valence-corrected chi connectivity index (χ2v) is 6.26. The van der Waals surface area contributed by atoms with Gasteiger partial charge in [0.25, 0.3) is 5.22 Å². The molecule has 0 saturated carbocycles. The molecule has 0 aliphatic rings. The Labute approximate surface area is 143 Å². The van der Waals surface area contributed by atoms with Crippen molar-refractivity contribution in [3.63, 3.8) is 0 Å². The van der Waals surface area contributed by atoms with Gasteiger partial charge >= 0.3 is 0 Å². The molecule has 1 N–H and O–H groups in total. The molecule has 0 aliphatic heterocycles. The van der Waals surface area contributed by atoms with Crippen LogP contribution in [0.5, 0.6) is 0 Å². The van der Waals surface area contributed by atoms with Crippen LogP contribution in [0, 0.1) is 0 Å². The number of carbonyl (C=O) groups excluding carboxylic acids is 1. The number of hydrogen-bond donors (Lipinski definition) is 1. The van der Waals surface area contributed by atoms with Crippen LogP contribution in [0.25, 0.3) is 11.5 Å². The van der Waals surface area contributed by atoms with Gasteiger partial charge in [0.05, 0.1) is 11.9 Å². The molecule has 0 spiro atoms. The summed E-state index contributed by atoms with van der Waals surface area (Å²) < 4.78 is 7.31. The van der Waals surface area contributed by atoms with Crippen molar-refractivity contribution in [1.29, 1.82) is 0 Å². The van der Waals surface area contributed by atoms with Gasteiger partial charge in [-0.3, -0.25) is 4.79 Å². The highest BCUT2D eigenvalue weighted by Gasteiger charge is 2.13. The van der Waals surface area contributed by atoms with Crippen LogP contribution < -0.4 is 5.32 Å². The second kappa shape index (κ2) is 7.31. The standard InChI is InChI=1S/C16H17N5O2S/c1-11(2)21-13(8-9-17-21)18-14(22)10-24-16-20-19-15(23-16)12-6-4-3-5-7-12/h3-9,11H,10H2,1-2H3,(H,18,22). The third-order valence-electron chi connectivity index (χ3n) is 3.18. The molecule has 0 saturated heterocycles. The molecular weight excluding hydrogens is 326 g/mol. The molecule has 0 aliphatic carbocycles. The van der Waals surface area contributed by atoms with Crippen molar-refractivity contribution in [1.82, 2.24) is 20.0 Å². The molecule has 0 atom stereocenters. The van der Waals surface area contributed by atoms with Gasteiger partial charge in [-0.05, 0) is 26.0 Å². The summed E-state index contributed by atoms with van der Waals surface area (Å²) in [7, 11) is 0. The average Bonchev–Trinajstić information content (AvgIpc) is 3.23. The van der Waals surface area contributed by atoms with Crippen molar-refractivity contribution in [2.45, 2.75) is 25.1 Å². The van der Waals surface area contributed by atoms with Gasteiger partial charge in [-0.1, -0.05) is 30.0 Å². The zero-order chi connectivity index (χ0) is 16.9. The number of amides is 1. The smallest absolute Gasteiger partial charge is 0.277 e. The van der Waals surface area contributed by atoms with Crippen molar-refractivity contribution in [3.8, 4) is 11.5 Å². The van der Waals surface area contributed by atoms with E-state index in [0.717, 1.165) is 5.56 Å². The molecule has 2 heterocycles. The number of thioether (sulfide) groups is 1. The quantitative estimate of drug-likeness (QED) is 0.692. The minimum absolute atomic E-state index is 0.151. The maximum atomic E-state index is 12.1. The maximum Gasteiger partial charge on any atom is 0.277 e. The molecule has 0 bridgehead atoms. The lowest BCUT2D eigenvalue weighted by Crippen LogP contribution is -2.18. The summed E-state index contributed by atoms with van der Waals surface area (Å²) in [4.78, 5) is 12.1. The first-order chi connectivity index (χ1) is 11.6. The van der Waals surface area contributed by atoms with Crippen molar-refractivity contribution in [2.24, 2.45) is 0 Å². The Hall–Kier alpha value is -2.61. The highest BCUT2D eigenvalue weighted by molar-refractivity contribution is 7.99. The van der Waals surface area contributed by atoms with Gasteiger partial charge in [0.1, 0.15) is 5.82 Å². The number of nitrogens with zero attached hydrogens (tertiary/aromatic N) is 4. The largest absolute Gasteiger partial charge is 0.411 e. The molecule has 24 heavy (non-hydrogen) atoms. The maximum absolute atomic E-state index is 12.1. The summed E-state index contributed by atoms with van der Waals surface area (Å²) in [5.41, 5.74) is 0.849. The first-order valence-electron chi connectivity index (χ1n) is 7.48. The van der Waals surface area contributed by atoms with E-state index in [4.69, 9.17) is 4.42 Å². The highest BCUT2D eigenvalue weighted by atomic mass is 32.2. The van der Waals surface area contributed by atoms with Gasteiger partial charge in [0.2, 0.25) is 11.8 Å². The Balaban J connectivity index is 1.57. The van der Waals surface area contributed by atoms with Gasteiger partial charge in [-0.2, -0.15) is 5.10 Å². The SMILES string of the molecule is CC(C)n1nccc1NC(=O)CSc1nnc(-c2ccccc2)o1. The zero-order valence-electron chi connectivity index (χ0n) is 13.3. The van der Waals surface area contributed by atoms with E-state index < -0.39 is 0 Å². The van der Waals surface area contributed by atoms with Gasteiger partial charge in [0, 0.05) is 17.7 Å². The fraction of sp³-hybridized carbons (Fsp3) is 0.250. The molecule has 3 rings (SSSR count). The summed E-state index contributed by atoms with van der Waals surface area (Å²) in [6.45, 7) is 4.00. The number of rotatable bonds is 6. The van der Waals surface area contributed by atoms with Crippen LogP contribution in [0.15, 0.2) is 52.2 Å². The van der Waals surface area contributed by atoms with E-state index >= 15 is 0 Å². The predicted octanol–water partition coefficient (Wildman–Crippen LogP) is 3.24. The van der Waals surface area contributed by atoms with Crippen LogP contribution in [0.4, 0.5) is 5.82 Å². The fourth-order valence-electron chi connectivity index (χ4n) is 2.10. The summed E-state index contributed by atoms with van der Waals surface area (Å²) in [6, 6.07) is 11.4. The Morgan fingerprint density at radius 1 is 1.25 bits per heavy atom. The van der Waals surface area contributed by atoms with Crippen LogP contribution >= 0.6 is 11.8 Å². The lowest BCUT2D eigenvalue weighted by molar-refractivity contribution is -0.113. The Kier molecular flexibility index (Phi) is 4.95. The molecule has 0 unspecified atom stereocenters. The number of hydrogen-bond acceptors (Lipinski definition) is 6. The van der Waals surface area contributed by atoms with Gasteiger partial charge in [-0.25, -0.2) is 4.68 Å². The summed E-state index contributed by atoms with van der Waals surface area (Å²) in [6.07, 6.45) is 1.66. The van der Waals surface area contributed by atoms with Crippen LogP contribution in [-0.4, -0.2) is 31.6 Å². The van der Waals surface area contributed by atoms with E-state index in [2.05, 4.69) is 20.6 Å². The molecule has 2 aromatic heterocycles. The van der Waals surface area contributed by atoms with Crippen LogP contribution in [0.3, 0.4) is 0 Å². The molecule has 124 valence electrons. The normalized spacial score (nSPS) is 11.0. The van der Waals surface area contributed by atoms with Gasteiger partial charge in [-0.15, -0.1) is 10.2 Å². The predicted molar refractivity (Wildman–Crippen MR) is 91.7 cm³/mol. The topological polar surface area (TPSA) is 85.8 Å². The third kappa shape index (κ3) is 3.83. The number of carbonyl (C=O) groups is 1. The molecule has 3 aromatic rings. The van der Waals surface area contributed by atoms with E-state index in [-0.39, 0.29) is 17.7 Å². The minimum Gasteiger partial charge on any atom is -0.411 e. The van der Waals surface area contributed by atoms with E-state index in [1.807, 2.05) is 44.2 Å². The Morgan fingerprint density at radius 3 is 2.79 bits per heavy atom. The Morgan fingerprint density at radius 2 is 2.04 bits per heavy atom. The number of benzene rings is 1. The van der Waals surface area contributed by atoms with E-state index in [1.54, 1.807) is 16.9 Å². The molecule has 7 nitrogen and oxygen atoms in total.